The number of hydrogen-bond acceptors (Lipinski definition) is 4. The number of ether oxygens (including phenoxy) is 1. The van der Waals surface area contributed by atoms with Crippen LogP contribution in [0.2, 0.25) is 0 Å². The standard InChI is InChI=1S/C20H26FN3O/c1-15(2)20-22-10-9-18(23-20)13-24-11-3-4-16(12-24)14-25-19-7-5-17(21)6-8-19/h5-10,15-16H,3-4,11-14H2,1-2H3. The molecule has 0 bridgehead atoms. The van der Waals surface area contributed by atoms with Crippen LogP contribution in [0, 0.1) is 11.7 Å². The molecule has 1 aromatic heterocycles. The molecular weight excluding hydrogens is 317 g/mol. The molecule has 0 saturated carbocycles. The number of benzene rings is 1. The molecule has 0 aliphatic carbocycles. The van der Waals surface area contributed by atoms with Gasteiger partial charge in [-0.05, 0) is 49.7 Å². The minimum Gasteiger partial charge on any atom is -0.493 e. The van der Waals surface area contributed by atoms with Crippen molar-refractivity contribution in [3.05, 3.63) is 53.9 Å². The molecule has 1 saturated heterocycles. The van der Waals surface area contributed by atoms with Crippen molar-refractivity contribution in [1.82, 2.24) is 14.9 Å². The fraction of sp³-hybridized carbons (Fsp3) is 0.500. The van der Waals surface area contributed by atoms with Crippen molar-refractivity contribution < 1.29 is 9.13 Å². The van der Waals surface area contributed by atoms with E-state index in [9.17, 15) is 4.39 Å². The van der Waals surface area contributed by atoms with E-state index < -0.39 is 0 Å². The lowest BCUT2D eigenvalue weighted by atomic mass is 9.99. The van der Waals surface area contributed by atoms with E-state index in [2.05, 4.69) is 28.7 Å². The number of piperidine rings is 1. The van der Waals surface area contributed by atoms with Gasteiger partial charge in [-0.2, -0.15) is 0 Å². The summed E-state index contributed by atoms with van der Waals surface area (Å²) in [5.74, 6) is 2.24. The Kier molecular flexibility index (Phi) is 5.97. The first kappa shape index (κ1) is 17.8. The molecule has 0 radical (unpaired) electrons. The van der Waals surface area contributed by atoms with Crippen LogP contribution in [0.25, 0.3) is 0 Å². The summed E-state index contributed by atoms with van der Waals surface area (Å²) in [6.45, 7) is 7.85. The molecule has 1 fully saturated rings. The maximum absolute atomic E-state index is 12.9. The lowest BCUT2D eigenvalue weighted by Gasteiger charge is -2.32. The highest BCUT2D eigenvalue weighted by Gasteiger charge is 2.21. The number of aromatic nitrogens is 2. The zero-order chi connectivity index (χ0) is 17.6. The monoisotopic (exact) mass is 343 g/mol. The lowest BCUT2D eigenvalue weighted by Crippen LogP contribution is -2.37. The second kappa shape index (κ2) is 8.39. The maximum Gasteiger partial charge on any atom is 0.131 e. The Hall–Kier alpha value is -2.01. The summed E-state index contributed by atoms with van der Waals surface area (Å²) in [4.78, 5) is 11.5. The van der Waals surface area contributed by atoms with Crippen molar-refractivity contribution in [3.63, 3.8) is 0 Å². The van der Waals surface area contributed by atoms with Gasteiger partial charge in [-0.15, -0.1) is 0 Å². The minimum atomic E-state index is -0.234. The number of nitrogens with zero attached hydrogens (tertiary/aromatic N) is 3. The second-order valence-electron chi connectivity index (χ2n) is 7.07. The van der Waals surface area contributed by atoms with Crippen molar-refractivity contribution in [2.24, 2.45) is 5.92 Å². The van der Waals surface area contributed by atoms with Gasteiger partial charge in [0.1, 0.15) is 17.4 Å². The quantitative estimate of drug-likeness (QED) is 0.794. The summed E-state index contributed by atoms with van der Waals surface area (Å²) in [5.41, 5.74) is 1.08. The predicted molar refractivity (Wildman–Crippen MR) is 96.0 cm³/mol. The van der Waals surface area contributed by atoms with Gasteiger partial charge in [0.2, 0.25) is 0 Å². The fourth-order valence-corrected chi connectivity index (χ4v) is 3.18. The molecular formula is C20H26FN3O. The van der Waals surface area contributed by atoms with Crippen LogP contribution in [0.3, 0.4) is 0 Å². The SMILES string of the molecule is CC(C)c1nccc(CN2CCCC(COc3ccc(F)cc3)C2)n1. The van der Waals surface area contributed by atoms with Crippen LogP contribution in [0.4, 0.5) is 4.39 Å². The van der Waals surface area contributed by atoms with Gasteiger partial charge in [0.25, 0.3) is 0 Å². The molecule has 3 rings (SSSR count). The highest BCUT2D eigenvalue weighted by molar-refractivity contribution is 5.22. The van der Waals surface area contributed by atoms with E-state index >= 15 is 0 Å². The van der Waals surface area contributed by atoms with Crippen LogP contribution in [-0.2, 0) is 6.54 Å². The molecule has 25 heavy (non-hydrogen) atoms. The highest BCUT2D eigenvalue weighted by atomic mass is 19.1. The zero-order valence-electron chi connectivity index (χ0n) is 15.0. The van der Waals surface area contributed by atoms with Crippen molar-refractivity contribution in [3.8, 4) is 5.75 Å². The third-order valence-corrected chi connectivity index (χ3v) is 4.54. The number of likely N-dealkylation sites (tertiary alicyclic amines) is 1. The maximum atomic E-state index is 12.9. The summed E-state index contributed by atoms with van der Waals surface area (Å²) in [5, 5.41) is 0. The zero-order valence-corrected chi connectivity index (χ0v) is 15.0. The van der Waals surface area contributed by atoms with E-state index in [1.807, 2.05) is 12.3 Å². The molecule has 134 valence electrons. The molecule has 2 aromatic rings. The summed E-state index contributed by atoms with van der Waals surface area (Å²) in [6.07, 6.45) is 4.19. The molecule has 5 heteroatoms. The molecule has 1 aromatic carbocycles. The first-order valence-corrected chi connectivity index (χ1v) is 9.02. The third-order valence-electron chi connectivity index (χ3n) is 4.54. The first-order valence-electron chi connectivity index (χ1n) is 9.02. The van der Waals surface area contributed by atoms with Gasteiger partial charge in [-0.3, -0.25) is 4.90 Å². The molecule has 0 amide bonds. The van der Waals surface area contributed by atoms with Crippen molar-refractivity contribution in [2.75, 3.05) is 19.7 Å². The molecule has 4 nitrogen and oxygen atoms in total. The number of halogens is 1. The lowest BCUT2D eigenvalue weighted by molar-refractivity contribution is 0.124. The Balaban J connectivity index is 1.52. The molecule has 1 aliphatic heterocycles. The molecule has 0 N–H and O–H groups in total. The smallest absolute Gasteiger partial charge is 0.131 e. The summed E-state index contributed by atoms with van der Waals surface area (Å²) < 4.78 is 18.8. The Bertz CT molecular complexity index is 675. The van der Waals surface area contributed by atoms with Gasteiger partial charge in [0.15, 0.2) is 0 Å². The summed E-state index contributed by atoms with van der Waals surface area (Å²) >= 11 is 0. The number of rotatable bonds is 6. The van der Waals surface area contributed by atoms with Crippen LogP contribution in [-0.4, -0.2) is 34.6 Å². The van der Waals surface area contributed by atoms with Crippen LogP contribution in [0.1, 0.15) is 44.1 Å². The van der Waals surface area contributed by atoms with Crippen molar-refractivity contribution in [1.29, 1.82) is 0 Å². The highest BCUT2D eigenvalue weighted by Crippen LogP contribution is 2.20. The third kappa shape index (κ3) is 5.23. The van der Waals surface area contributed by atoms with Gasteiger partial charge >= 0.3 is 0 Å². The molecule has 1 aliphatic rings. The second-order valence-corrected chi connectivity index (χ2v) is 7.07. The first-order chi connectivity index (χ1) is 12.1. The number of hydrogen-bond donors (Lipinski definition) is 0. The van der Waals surface area contributed by atoms with Crippen LogP contribution >= 0.6 is 0 Å². The van der Waals surface area contributed by atoms with Gasteiger partial charge in [-0.25, -0.2) is 14.4 Å². The molecule has 2 heterocycles. The van der Waals surface area contributed by atoms with Crippen LogP contribution < -0.4 is 4.74 Å². The Labute approximate surface area is 149 Å². The fourth-order valence-electron chi connectivity index (χ4n) is 3.18. The molecule has 1 unspecified atom stereocenters. The largest absolute Gasteiger partial charge is 0.493 e. The molecule has 0 spiro atoms. The van der Waals surface area contributed by atoms with Crippen molar-refractivity contribution in [2.45, 2.75) is 39.2 Å². The van der Waals surface area contributed by atoms with Gasteiger partial charge in [0, 0.05) is 31.1 Å². The van der Waals surface area contributed by atoms with Gasteiger partial charge in [-0.1, -0.05) is 13.8 Å². The van der Waals surface area contributed by atoms with Gasteiger partial charge in [0.05, 0.1) is 12.3 Å². The molecule has 1 atom stereocenters. The average molecular weight is 343 g/mol. The van der Waals surface area contributed by atoms with E-state index in [0.29, 0.717) is 18.4 Å². The summed E-state index contributed by atoms with van der Waals surface area (Å²) in [6, 6.07) is 8.24. The van der Waals surface area contributed by atoms with Crippen LogP contribution in [0.15, 0.2) is 36.5 Å². The topological polar surface area (TPSA) is 38.2 Å². The van der Waals surface area contributed by atoms with E-state index in [1.165, 1.54) is 25.0 Å². The van der Waals surface area contributed by atoms with E-state index in [-0.39, 0.29) is 5.82 Å². The Morgan fingerprint density at radius 2 is 2.04 bits per heavy atom. The minimum absolute atomic E-state index is 0.234. The Morgan fingerprint density at radius 3 is 2.80 bits per heavy atom. The van der Waals surface area contributed by atoms with Crippen LogP contribution in [0.5, 0.6) is 5.75 Å². The normalized spacial score (nSPS) is 18.5. The van der Waals surface area contributed by atoms with E-state index in [4.69, 9.17) is 4.74 Å². The summed E-state index contributed by atoms with van der Waals surface area (Å²) in [7, 11) is 0. The van der Waals surface area contributed by atoms with E-state index in [0.717, 1.165) is 36.9 Å². The average Bonchev–Trinajstić information content (AvgIpc) is 2.62. The van der Waals surface area contributed by atoms with Gasteiger partial charge < -0.3 is 4.74 Å². The van der Waals surface area contributed by atoms with Crippen molar-refractivity contribution >= 4 is 0 Å². The predicted octanol–water partition coefficient (Wildman–Crippen LogP) is 4.03. The van der Waals surface area contributed by atoms with E-state index in [1.54, 1.807) is 12.1 Å². The Morgan fingerprint density at radius 1 is 1.24 bits per heavy atom.